The summed E-state index contributed by atoms with van der Waals surface area (Å²) in [5, 5.41) is 10.5. The van der Waals surface area contributed by atoms with E-state index in [9.17, 15) is 9.90 Å². The lowest BCUT2D eigenvalue weighted by Crippen LogP contribution is -1.95. The summed E-state index contributed by atoms with van der Waals surface area (Å²) >= 11 is 0. The molecule has 0 aliphatic rings. The van der Waals surface area contributed by atoms with Gasteiger partial charge in [-0.2, -0.15) is 0 Å². The van der Waals surface area contributed by atoms with Crippen LogP contribution in [0.15, 0.2) is 22.8 Å². The van der Waals surface area contributed by atoms with Crippen molar-refractivity contribution in [1.82, 2.24) is 0 Å². The van der Waals surface area contributed by atoms with E-state index in [2.05, 4.69) is 0 Å². The fraction of sp³-hybridized carbons (Fsp3) is 0.182. The van der Waals surface area contributed by atoms with Crippen LogP contribution in [0.4, 0.5) is 0 Å². The number of Topliss-reactive ketones (excluding diaryl/α,β-unsaturated/α-hetero) is 1. The molecule has 78 valence electrons. The monoisotopic (exact) mass is 206 g/mol. The zero-order valence-corrected chi connectivity index (χ0v) is 8.40. The molecule has 0 unspecified atom stereocenters. The number of fused-ring (bicyclic) bond motifs is 1. The van der Waals surface area contributed by atoms with Gasteiger partial charge in [0.25, 0.3) is 0 Å². The molecular formula is C11H10O4. The van der Waals surface area contributed by atoms with Gasteiger partial charge in [-0.15, -0.1) is 0 Å². The van der Waals surface area contributed by atoms with Gasteiger partial charge in [0.15, 0.2) is 17.1 Å². The van der Waals surface area contributed by atoms with Crippen molar-refractivity contribution in [3.8, 4) is 11.5 Å². The molecule has 0 radical (unpaired) electrons. The molecule has 15 heavy (non-hydrogen) atoms. The highest BCUT2D eigenvalue weighted by atomic mass is 16.5. The average molecular weight is 206 g/mol. The number of carbonyl (C=O) groups excluding carboxylic acids is 1. The van der Waals surface area contributed by atoms with Crippen molar-refractivity contribution in [2.75, 3.05) is 7.11 Å². The predicted octanol–water partition coefficient (Wildman–Crippen LogP) is 2.35. The summed E-state index contributed by atoms with van der Waals surface area (Å²) in [7, 11) is 1.42. The smallest absolute Gasteiger partial charge is 0.205 e. The molecule has 1 N–H and O–H groups in total. The molecule has 2 aromatic rings. The molecule has 2 rings (SSSR count). The van der Waals surface area contributed by atoms with E-state index in [0.29, 0.717) is 5.58 Å². The highest BCUT2D eigenvalue weighted by molar-refractivity contribution is 6.03. The van der Waals surface area contributed by atoms with Crippen LogP contribution in [0.1, 0.15) is 17.3 Å². The van der Waals surface area contributed by atoms with Gasteiger partial charge < -0.3 is 14.3 Å². The minimum Gasteiger partial charge on any atom is -0.504 e. The van der Waals surface area contributed by atoms with Gasteiger partial charge in [0, 0.05) is 5.39 Å². The van der Waals surface area contributed by atoms with Crippen molar-refractivity contribution in [2.45, 2.75) is 6.92 Å². The number of hydrogen-bond donors (Lipinski definition) is 1. The molecule has 0 aliphatic heterocycles. The van der Waals surface area contributed by atoms with Gasteiger partial charge in [-0.1, -0.05) is 0 Å². The van der Waals surface area contributed by atoms with Gasteiger partial charge in [-0.3, -0.25) is 4.79 Å². The number of benzene rings is 1. The summed E-state index contributed by atoms with van der Waals surface area (Å²) in [6.07, 6.45) is 1.48. The van der Waals surface area contributed by atoms with Gasteiger partial charge >= 0.3 is 0 Å². The Bertz CT molecular complexity index is 525. The molecule has 1 aromatic carbocycles. The van der Waals surface area contributed by atoms with E-state index in [1.165, 1.54) is 20.3 Å². The van der Waals surface area contributed by atoms with Gasteiger partial charge in [0.05, 0.1) is 18.9 Å². The second-order valence-corrected chi connectivity index (χ2v) is 3.20. The van der Waals surface area contributed by atoms with Crippen LogP contribution < -0.4 is 4.74 Å². The Morgan fingerprint density at radius 1 is 1.53 bits per heavy atom. The van der Waals surface area contributed by atoms with E-state index in [-0.39, 0.29) is 22.8 Å². The van der Waals surface area contributed by atoms with Crippen LogP contribution in [-0.2, 0) is 0 Å². The normalized spacial score (nSPS) is 10.5. The summed E-state index contributed by atoms with van der Waals surface area (Å²) < 4.78 is 10.2. The minimum atomic E-state index is -0.214. The number of methoxy groups -OCH3 is 1. The van der Waals surface area contributed by atoms with Crippen LogP contribution in [-0.4, -0.2) is 18.0 Å². The lowest BCUT2D eigenvalue weighted by molar-refractivity contribution is 0.101. The first-order valence-corrected chi connectivity index (χ1v) is 4.43. The summed E-state index contributed by atoms with van der Waals surface area (Å²) in [4.78, 5) is 11.3. The van der Waals surface area contributed by atoms with Crippen molar-refractivity contribution in [3.63, 3.8) is 0 Å². The largest absolute Gasteiger partial charge is 0.504 e. The van der Waals surface area contributed by atoms with Crippen molar-refractivity contribution < 1.29 is 19.1 Å². The number of ketones is 1. The molecule has 0 saturated heterocycles. The molecule has 0 bridgehead atoms. The average Bonchev–Trinajstić information content (AvgIpc) is 2.64. The van der Waals surface area contributed by atoms with Crippen molar-refractivity contribution >= 4 is 16.8 Å². The number of carbonyl (C=O) groups is 1. The summed E-state index contributed by atoms with van der Waals surface area (Å²) in [6.45, 7) is 1.39. The Morgan fingerprint density at radius 2 is 2.27 bits per heavy atom. The zero-order chi connectivity index (χ0) is 11.0. The third-order valence-electron chi connectivity index (χ3n) is 2.26. The summed E-state index contributed by atoms with van der Waals surface area (Å²) in [6, 6.07) is 3.29. The molecule has 1 heterocycles. The van der Waals surface area contributed by atoms with Crippen LogP contribution in [0.5, 0.6) is 11.5 Å². The minimum absolute atomic E-state index is 0.174. The van der Waals surface area contributed by atoms with Crippen molar-refractivity contribution in [2.24, 2.45) is 0 Å². The second-order valence-electron chi connectivity index (χ2n) is 3.20. The van der Waals surface area contributed by atoms with E-state index in [0.717, 1.165) is 5.39 Å². The number of furan rings is 1. The number of phenols is 1. The van der Waals surface area contributed by atoms with Crippen molar-refractivity contribution in [1.29, 1.82) is 0 Å². The van der Waals surface area contributed by atoms with Gasteiger partial charge in [-0.25, -0.2) is 0 Å². The molecule has 0 atom stereocenters. The fourth-order valence-corrected chi connectivity index (χ4v) is 1.53. The number of aromatic hydroxyl groups is 1. The van der Waals surface area contributed by atoms with Crippen LogP contribution in [0.2, 0.25) is 0 Å². The molecule has 4 heteroatoms. The van der Waals surface area contributed by atoms with E-state index < -0.39 is 0 Å². The van der Waals surface area contributed by atoms with Gasteiger partial charge in [0.2, 0.25) is 5.75 Å². The Morgan fingerprint density at radius 3 is 2.87 bits per heavy atom. The topological polar surface area (TPSA) is 59.7 Å². The number of rotatable bonds is 2. The molecule has 0 saturated carbocycles. The van der Waals surface area contributed by atoms with Crippen LogP contribution in [0.25, 0.3) is 11.0 Å². The number of ether oxygens (including phenoxy) is 1. The quantitative estimate of drug-likeness (QED) is 0.766. The first-order valence-electron chi connectivity index (χ1n) is 4.43. The van der Waals surface area contributed by atoms with Gasteiger partial charge in [-0.05, 0) is 19.1 Å². The third kappa shape index (κ3) is 1.34. The molecular weight excluding hydrogens is 196 g/mol. The third-order valence-corrected chi connectivity index (χ3v) is 2.26. The number of phenolic OH excluding ortho intramolecular Hbond substituents is 1. The maximum absolute atomic E-state index is 11.3. The van der Waals surface area contributed by atoms with E-state index in [1.54, 1.807) is 12.1 Å². The highest BCUT2D eigenvalue weighted by Gasteiger charge is 2.17. The SMILES string of the molecule is COc1c(O)c(C(C)=O)cc2ccoc12. The summed E-state index contributed by atoms with van der Waals surface area (Å²) in [5.41, 5.74) is 0.681. The first kappa shape index (κ1) is 9.58. The molecule has 0 spiro atoms. The fourth-order valence-electron chi connectivity index (χ4n) is 1.53. The van der Waals surface area contributed by atoms with Crippen LogP contribution in [0, 0.1) is 0 Å². The Balaban J connectivity index is 2.85. The highest BCUT2D eigenvalue weighted by Crippen LogP contribution is 2.38. The molecule has 0 fully saturated rings. The maximum atomic E-state index is 11.3. The second kappa shape index (κ2) is 3.31. The Labute approximate surface area is 86.1 Å². The van der Waals surface area contributed by atoms with Gasteiger partial charge in [0.1, 0.15) is 0 Å². The molecule has 4 nitrogen and oxygen atoms in total. The van der Waals surface area contributed by atoms with E-state index in [4.69, 9.17) is 9.15 Å². The summed E-state index contributed by atoms with van der Waals surface area (Å²) in [5.74, 6) is -0.191. The standard InChI is InChI=1S/C11H10O4/c1-6(12)8-5-7-3-4-15-10(7)11(14-2)9(8)13/h3-5,13H,1-2H3. The predicted molar refractivity (Wildman–Crippen MR) is 54.4 cm³/mol. The zero-order valence-electron chi connectivity index (χ0n) is 8.40. The molecule has 0 aliphatic carbocycles. The lowest BCUT2D eigenvalue weighted by atomic mass is 10.1. The lowest BCUT2D eigenvalue weighted by Gasteiger charge is -2.07. The van der Waals surface area contributed by atoms with Crippen LogP contribution >= 0.6 is 0 Å². The molecule has 0 amide bonds. The Kier molecular flexibility index (Phi) is 2.11. The number of hydrogen-bond acceptors (Lipinski definition) is 4. The van der Waals surface area contributed by atoms with Crippen molar-refractivity contribution in [3.05, 3.63) is 24.0 Å². The maximum Gasteiger partial charge on any atom is 0.205 e. The first-order chi connectivity index (χ1) is 7.15. The molecule has 1 aromatic heterocycles. The van der Waals surface area contributed by atoms with E-state index in [1.807, 2.05) is 0 Å². The van der Waals surface area contributed by atoms with E-state index >= 15 is 0 Å². The van der Waals surface area contributed by atoms with Crippen LogP contribution in [0.3, 0.4) is 0 Å². The Hall–Kier alpha value is -1.97.